The van der Waals surface area contributed by atoms with Crippen LogP contribution >= 0.6 is 11.6 Å². The molecular weight excluding hydrogens is 298 g/mol. The van der Waals surface area contributed by atoms with Gasteiger partial charge in [0.1, 0.15) is 18.1 Å². The summed E-state index contributed by atoms with van der Waals surface area (Å²) >= 11 is 6.13. The number of aromatic hydroxyl groups is 1. The molecule has 0 aliphatic carbocycles. The molecule has 1 heterocycles. The van der Waals surface area contributed by atoms with Crippen LogP contribution in [0.2, 0.25) is 5.02 Å². The lowest BCUT2D eigenvalue weighted by atomic mass is 10.2. The highest BCUT2D eigenvalue weighted by Crippen LogP contribution is 2.29. The van der Waals surface area contributed by atoms with Crippen LogP contribution in [-0.2, 0) is 6.61 Å². The van der Waals surface area contributed by atoms with Crippen LogP contribution in [-0.4, -0.2) is 9.67 Å². The highest BCUT2D eigenvalue weighted by molar-refractivity contribution is 6.31. The summed E-state index contributed by atoms with van der Waals surface area (Å²) in [5.74, 6) is 0.845. The van der Waals surface area contributed by atoms with Gasteiger partial charge in [-0.05, 0) is 44.2 Å². The van der Waals surface area contributed by atoms with Crippen LogP contribution in [0.3, 0.4) is 0 Å². The number of benzene rings is 2. The quantitative estimate of drug-likeness (QED) is 0.721. The number of phenols is 1. The summed E-state index contributed by atoms with van der Waals surface area (Å²) in [7, 11) is 0. The Morgan fingerprint density at radius 2 is 2.00 bits per heavy atom. The topological polar surface area (TPSA) is 34.4 Å². The first-order chi connectivity index (χ1) is 10.5. The first-order valence-corrected chi connectivity index (χ1v) is 7.63. The van der Waals surface area contributed by atoms with Gasteiger partial charge in [0, 0.05) is 39.8 Å². The molecule has 0 atom stereocenters. The van der Waals surface area contributed by atoms with Crippen LogP contribution in [0.5, 0.6) is 11.5 Å². The van der Waals surface area contributed by atoms with Crippen molar-refractivity contribution < 1.29 is 9.84 Å². The van der Waals surface area contributed by atoms with Gasteiger partial charge in [0.05, 0.1) is 0 Å². The van der Waals surface area contributed by atoms with Crippen molar-refractivity contribution >= 4 is 22.5 Å². The fourth-order valence-corrected chi connectivity index (χ4v) is 2.75. The SMILES string of the molecule is CC(C)n1cc(COc2cccc(O)c2)c2cc(Cl)ccc21. The van der Waals surface area contributed by atoms with Gasteiger partial charge < -0.3 is 14.4 Å². The average molecular weight is 316 g/mol. The number of ether oxygens (including phenoxy) is 1. The number of fused-ring (bicyclic) bond motifs is 1. The van der Waals surface area contributed by atoms with Crippen molar-refractivity contribution in [1.29, 1.82) is 0 Å². The predicted molar refractivity (Wildman–Crippen MR) is 89.8 cm³/mol. The van der Waals surface area contributed by atoms with Crippen LogP contribution < -0.4 is 4.74 Å². The lowest BCUT2D eigenvalue weighted by Crippen LogP contribution is -1.98. The summed E-state index contributed by atoms with van der Waals surface area (Å²) in [4.78, 5) is 0. The molecule has 22 heavy (non-hydrogen) atoms. The van der Waals surface area contributed by atoms with Gasteiger partial charge in [-0.25, -0.2) is 0 Å². The van der Waals surface area contributed by atoms with E-state index in [1.807, 2.05) is 24.3 Å². The van der Waals surface area contributed by atoms with Crippen molar-refractivity contribution in [2.75, 3.05) is 0 Å². The van der Waals surface area contributed by atoms with E-state index >= 15 is 0 Å². The van der Waals surface area contributed by atoms with Crippen LogP contribution in [0.1, 0.15) is 25.5 Å². The van der Waals surface area contributed by atoms with Gasteiger partial charge in [-0.15, -0.1) is 0 Å². The van der Waals surface area contributed by atoms with Gasteiger partial charge in [0.25, 0.3) is 0 Å². The number of halogens is 1. The van der Waals surface area contributed by atoms with Crippen LogP contribution in [0.4, 0.5) is 0 Å². The van der Waals surface area contributed by atoms with E-state index in [0.29, 0.717) is 23.4 Å². The molecule has 0 saturated carbocycles. The monoisotopic (exact) mass is 315 g/mol. The molecule has 114 valence electrons. The Morgan fingerprint density at radius 3 is 2.73 bits per heavy atom. The molecule has 0 bridgehead atoms. The Bertz CT molecular complexity index is 808. The van der Waals surface area contributed by atoms with Crippen LogP contribution in [0.15, 0.2) is 48.7 Å². The fourth-order valence-electron chi connectivity index (χ4n) is 2.57. The fraction of sp³-hybridized carbons (Fsp3) is 0.222. The van der Waals surface area contributed by atoms with Gasteiger partial charge >= 0.3 is 0 Å². The van der Waals surface area contributed by atoms with E-state index in [4.69, 9.17) is 16.3 Å². The number of rotatable bonds is 4. The van der Waals surface area contributed by atoms with Gasteiger partial charge in [-0.3, -0.25) is 0 Å². The summed E-state index contributed by atoms with van der Waals surface area (Å²) in [5.41, 5.74) is 2.23. The summed E-state index contributed by atoms with van der Waals surface area (Å²) < 4.78 is 8.01. The molecule has 0 amide bonds. The lowest BCUT2D eigenvalue weighted by Gasteiger charge is -2.08. The highest BCUT2D eigenvalue weighted by Gasteiger charge is 2.11. The van der Waals surface area contributed by atoms with Crippen molar-refractivity contribution in [1.82, 2.24) is 4.57 Å². The van der Waals surface area contributed by atoms with E-state index in [1.54, 1.807) is 18.2 Å². The summed E-state index contributed by atoms with van der Waals surface area (Å²) in [5, 5.41) is 11.3. The normalized spacial score (nSPS) is 11.3. The number of hydrogen-bond donors (Lipinski definition) is 1. The largest absolute Gasteiger partial charge is 0.508 e. The molecule has 1 aromatic heterocycles. The smallest absolute Gasteiger partial charge is 0.123 e. The molecule has 3 rings (SSSR count). The maximum atomic E-state index is 9.49. The Morgan fingerprint density at radius 1 is 1.18 bits per heavy atom. The Hall–Kier alpha value is -2.13. The van der Waals surface area contributed by atoms with E-state index in [1.165, 1.54) is 0 Å². The number of hydrogen-bond acceptors (Lipinski definition) is 2. The van der Waals surface area contributed by atoms with Gasteiger partial charge in [-0.1, -0.05) is 17.7 Å². The third kappa shape index (κ3) is 2.90. The molecule has 4 heteroatoms. The zero-order valence-electron chi connectivity index (χ0n) is 12.6. The lowest BCUT2D eigenvalue weighted by molar-refractivity contribution is 0.305. The van der Waals surface area contributed by atoms with Crippen LogP contribution in [0, 0.1) is 0 Å². The third-order valence-corrected chi connectivity index (χ3v) is 3.88. The molecule has 0 aliphatic rings. The molecule has 0 saturated heterocycles. The van der Waals surface area contributed by atoms with Crippen molar-refractivity contribution in [3.63, 3.8) is 0 Å². The maximum Gasteiger partial charge on any atom is 0.123 e. The highest BCUT2D eigenvalue weighted by atomic mass is 35.5. The number of phenolic OH excluding ortho intramolecular Hbond substituents is 1. The van der Waals surface area contributed by atoms with E-state index in [9.17, 15) is 5.11 Å². The first-order valence-electron chi connectivity index (χ1n) is 7.25. The van der Waals surface area contributed by atoms with Crippen molar-refractivity contribution in [2.24, 2.45) is 0 Å². The summed E-state index contributed by atoms with van der Waals surface area (Å²) in [6.45, 7) is 4.72. The molecule has 0 radical (unpaired) electrons. The molecule has 1 N–H and O–H groups in total. The average Bonchev–Trinajstić information content (AvgIpc) is 2.83. The van der Waals surface area contributed by atoms with Gasteiger partial charge in [0.2, 0.25) is 0 Å². The number of aromatic nitrogens is 1. The second-order valence-electron chi connectivity index (χ2n) is 5.60. The predicted octanol–water partition coefficient (Wildman–Crippen LogP) is 5.16. The Balaban J connectivity index is 1.94. The number of nitrogens with zero attached hydrogens (tertiary/aromatic N) is 1. The minimum Gasteiger partial charge on any atom is -0.508 e. The third-order valence-electron chi connectivity index (χ3n) is 3.65. The van der Waals surface area contributed by atoms with Crippen molar-refractivity contribution in [2.45, 2.75) is 26.5 Å². The maximum absolute atomic E-state index is 9.49. The minimum absolute atomic E-state index is 0.199. The Labute approximate surface area is 134 Å². The first kappa shape index (κ1) is 14.8. The molecule has 3 aromatic rings. The van der Waals surface area contributed by atoms with Gasteiger partial charge in [0.15, 0.2) is 0 Å². The van der Waals surface area contributed by atoms with E-state index in [0.717, 1.165) is 16.5 Å². The minimum atomic E-state index is 0.199. The zero-order chi connectivity index (χ0) is 15.7. The Kier molecular flexibility index (Phi) is 3.99. The zero-order valence-corrected chi connectivity index (χ0v) is 13.3. The van der Waals surface area contributed by atoms with E-state index in [-0.39, 0.29) is 5.75 Å². The summed E-state index contributed by atoms with van der Waals surface area (Å²) in [6.07, 6.45) is 2.11. The molecule has 0 fully saturated rings. The molecule has 0 aliphatic heterocycles. The van der Waals surface area contributed by atoms with Crippen molar-refractivity contribution in [3.05, 3.63) is 59.2 Å². The van der Waals surface area contributed by atoms with Crippen molar-refractivity contribution in [3.8, 4) is 11.5 Å². The summed E-state index contributed by atoms with van der Waals surface area (Å²) in [6, 6.07) is 13.1. The molecule has 2 aromatic carbocycles. The second-order valence-corrected chi connectivity index (χ2v) is 6.04. The second kappa shape index (κ2) is 5.93. The molecular formula is C18H18ClNO2. The van der Waals surface area contributed by atoms with Gasteiger partial charge in [-0.2, -0.15) is 0 Å². The molecule has 0 unspecified atom stereocenters. The molecule has 3 nitrogen and oxygen atoms in total. The van der Waals surface area contributed by atoms with E-state index < -0.39 is 0 Å². The van der Waals surface area contributed by atoms with E-state index in [2.05, 4.69) is 24.6 Å². The van der Waals surface area contributed by atoms with Crippen LogP contribution in [0.25, 0.3) is 10.9 Å². The molecule has 0 spiro atoms. The standard InChI is InChI=1S/C18H18ClNO2/c1-12(2)20-10-13(17-8-14(19)6-7-18(17)20)11-22-16-5-3-4-15(21)9-16/h3-10,12,21H,11H2,1-2H3.